The SMILES string of the molecule is Cc1nc(C2COCCN2C(=O)CCc2c(C)noc2C)cc(=O)[nH]1. The summed E-state index contributed by atoms with van der Waals surface area (Å²) >= 11 is 0. The fraction of sp³-hybridized carbons (Fsp3) is 0.529. The second-order valence-corrected chi connectivity index (χ2v) is 6.24. The molecule has 1 amide bonds. The molecular formula is C17H22N4O4. The first kappa shape index (κ1) is 17.3. The van der Waals surface area contributed by atoms with E-state index in [9.17, 15) is 9.59 Å². The monoisotopic (exact) mass is 346 g/mol. The summed E-state index contributed by atoms with van der Waals surface area (Å²) in [6, 6.07) is 1.09. The van der Waals surface area contributed by atoms with Gasteiger partial charge in [-0.15, -0.1) is 0 Å². The van der Waals surface area contributed by atoms with Crippen molar-refractivity contribution in [2.75, 3.05) is 19.8 Å². The summed E-state index contributed by atoms with van der Waals surface area (Å²) in [7, 11) is 0. The number of carbonyl (C=O) groups is 1. The first-order valence-corrected chi connectivity index (χ1v) is 8.32. The minimum absolute atomic E-state index is 0.00744. The number of aromatic amines is 1. The predicted molar refractivity (Wildman–Crippen MR) is 89.2 cm³/mol. The van der Waals surface area contributed by atoms with Crippen LogP contribution in [0.15, 0.2) is 15.4 Å². The molecule has 8 nitrogen and oxygen atoms in total. The van der Waals surface area contributed by atoms with Gasteiger partial charge in [-0.1, -0.05) is 5.16 Å². The first-order valence-electron chi connectivity index (χ1n) is 8.32. The smallest absolute Gasteiger partial charge is 0.251 e. The van der Waals surface area contributed by atoms with Crippen LogP contribution in [0.25, 0.3) is 0 Å². The lowest BCUT2D eigenvalue weighted by molar-refractivity contribution is -0.140. The summed E-state index contributed by atoms with van der Waals surface area (Å²) in [5.41, 5.74) is 2.13. The Morgan fingerprint density at radius 1 is 1.40 bits per heavy atom. The molecule has 1 N–H and O–H groups in total. The van der Waals surface area contributed by atoms with E-state index in [4.69, 9.17) is 9.26 Å². The standard InChI is InChI=1S/C17H22N4O4/c1-10-13(11(2)25-20-10)4-5-17(23)21-6-7-24-9-15(21)14-8-16(22)19-12(3)18-14/h8,15H,4-7,9H2,1-3H3,(H,18,19,22). The number of H-pyrrole nitrogens is 1. The number of nitrogens with zero attached hydrogens (tertiary/aromatic N) is 3. The molecule has 3 heterocycles. The maximum Gasteiger partial charge on any atom is 0.251 e. The highest BCUT2D eigenvalue weighted by molar-refractivity contribution is 5.77. The third-order valence-electron chi connectivity index (χ3n) is 4.44. The zero-order valence-corrected chi connectivity index (χ0v) is 14.7. The minimum Gasteiger partial charge on any atom is -0.377 e. The van der Waals surface area contributed by atoms with Gasteiger partial charge in [0.25, 0.3) is 5.56 Å². The fourth-order valence-corrected chi connectivity index (χ4v) is 3.15. The second-order valence-electron chi connectivity index (χ2n) is 6.24. The molecule has 1 atom stereocenters. The molecule has 1 unspecified atom stereocenters. The van der Waals surface area contributed by atoms with Gasteiger partial charge in [0.2, 0.25) is 5.91 Å². The normalized spacial score (nSPS) is 17.7. The molecule has 134 valence electrons. The van der Waals surface area contributed by atoms with E-state index < -0.39 is 0 Å². The lowest BCUT2D eigenvalue weighted by Crippen LogP contribution is -2.44. The van der Waals surface area contributed by atoms with Crippen LogP contribution in [0.5, 0.6) is 0 Å². The summed E-state index contributed by atoms with van der Waals surface area (Å²) < 4.78 is 10.7. The molecule has 0 radical (unpaired) electrons. The van der Waals surface area contributed by atoms with Crippen LogP contribution in [0.4, 0.5) is 0 Å². The Balaban J connectivity index is 1.76. The average Bonchev–Trinajstić information content (AvgIpc) is 2.90. The summed E-state index contributed by atoms with van der Waals surface area (Å²) in [4.78, 5) is 33.3. The van der Waals surface area contributed by atoms with E-state index in [1.54, 1.807) is 11.8 Å². The highest BCUT2D eigenvalue weighted by Gasteiger charge is 2.30. The van der Waals surface area contributed by atoms with Crippen LogP contribution in [-0.4, -0.2) is 45.7 Å². The molecule has 1 fully saturated rings. The van der Waals surface area contributed by atoms with Crippen molar-refractivity contribution in [2.24, 2.45) is 0 Å². The van der Waals surface area contributed by atoms with Crippen LogP contribution in [-0.2, 0) is 16.0 Å². The van der Waals surface area contributed by atoms with Crippen LogP contribution < -0.4 is 5.56 Å². The van der Waals surface area contributed by atoms with Gasteiger partial charge >= 0.3 is 0 Å². The van der Waals surface area contributed by atoms with Crippen molar-refractivity contribution in [2.45, 2.75) is 39.7 Å². The third kappa shape index (κ3) is 3.79. The Morgan fingerprint density at radius 3 is 2.88 bits per heavy atom. The maximum atomic E-state index is 12.8. The molecule has 3 rings (SSSR count). The van der Waals surface area contributed by atoms with Crippen LogP contribution in [0.3, 0.4) is 0 Å². The van der Waals surface area contributed by atoms with Crippen LogP contribution in [0.1, 0.15) is 41.0 Å². The van der Waals surface area contributed by atoms with Crippen molar-refractivity contribution in [3.8, 4) is 0 Å². The highest BCUT2D eigenvalue weighted by Crippen LogP contribution is 2.24. The quantitative estimate of drug-likeness (QED) is 0.893. The Bertz CT molecular complexity index is 807. The number of rotatable bonds is 4. The van der Waals surface area contributed by atoms with Gasteiger partial charge < -0.3 is 19.1 Å². The Kier molecular flexibility index (Phi) is 4.98. The van der Waals surface area contributed by atoms with Gasteiger partial charge in [-0.05, 0) is 27.2 Å². The zero-order chi connectivity index (χ0) is 18.0. The van der Waals surface area contributed by atoms with Crippen molar-refractivity contribution < 1.29 is 14.1 Å². The molecule has 0 saturated carbocycles. The highest BCUT2D eigenvalue weighted by atomic mass is 16.5. The summed E-state index contributed by atoms with van der Waals surface area (Å²) in [6.45, 7) is 6.75. The molecule has 0 aliphatic carbocycles. The van der Waals surface area contributed by atoms with E-state index >= 15 is 0 Å². The second kappa shape index (κ2) is 7.18. The Morgan fingerprint density at radius 2 is 2.20 bits per heavy atom. The molecule has 25 heavy (non-hydrogen) atoms. The van der Waals surface area contributed by atoms with E-state index in [0.29, 0.717) is 44.1 Å². The van der Waals surface area contributed by atoms with Crippen LogP contribution in [0.2, 0.25) is 0 Å². The Labute approximate surface area is 145 Å². The number of morpholine rings is 1. The number of aromatic nitrogens is 3. The molecule has 0 aromatic carbocycles. The molecule has 1 aliphatic heterocycles. The molecular weight excluding hydrogens is 324 g/mol. The van der Waals surface area contributed by atoms with Crippen molar-refractivity contribution in [1.82, 2.24) is 20.0 Å². The average molecular weight is 346 g/mol. The lowest BCUT2D eigenvalue weighted by Gasteiger charge is -2.35. The van der Waals surface area contributed by atoms with Gasteiger partial charge in [-0.2, -0.15) is 0 Å². The van der Waals surface area contributed by atoms with Crippen molar-refractivity contribution >= 4 is 5.91 Å². The van der Waals surface area contributed by atoms with Crippen LogP contribution in [0, 0.1) is 20.8 Å². The summed E-state index contributed by atoms with van der Waals surface area (Å²) in [5, 5.41) is 3.92. The van der Waals surface area contributed by atoms with Gasteiger partial charge in [0.15, 0.2) is 0 Å². The number of aryl methyl sites for hydroxylation is 3. The van der Waals surface area contributed by atoms with Gasteiger partial charge in [-0.3, -0.25) is 9.59 Å². The van der Waals surface area contributed by atoms with Gasteiger partial charge in [0.05, 0.1) is 30.6 Å². The number of nitrogens with one attached hydrogen (secondary N) is 1. The molecule has 8 heteroatoms. The first-order chi connectivity index (χ1) is 12.0. The number of carbonyl (C=O) groups excluding carboxylic acids is 1. The van der Waals surface area contributed by atoms with Gasteiger partial charge in [0.1, 0.15) is 11.6 Å². The van der Waals surface area contributed by atoms with Crippen LogP contribution >= 0.6 is 0 Å². The van der Waals surface area contributed by atoms with Crippen molar-refractivity contribution in [3.05, 3.63) is 45.0 Å². The topological polar surface area (TPSA) is 101 Å². The molecule has 0 bridgehead atoms. The summed E-state index contributed by atoms with van der Waals surface area (Å²) in [6.07, 6.45) is 0.924. The number of ether oxygens (including phenoxy) is 1. The Hall–Kier alpha value is -2.48. The number of hydrogen-bond donors (Lipinski definition) is 1. The molecule has 2 aromatic heterocycles. The minimum atomic E-state index is -0.341. The van der Waals surface area contributed by atoms with E-state index in [0.717, 1.165) is 17.0 Å². The molecule has 2 aromatic rings. The largest absolute Gasteiger partial charge is 0.377 e. The summed E-state index contributed by atoms with van der Waals surface area (Å²) in [5.74, 6) is 1.28. The lowest BCUT2D eigenvalue weighted by atomic mass is 10.1. The van der Waals surface area contributed by atoms with Crippen molar-refractivity contribution in [3.63, 3.8) is 0 Å². The molecule has 0 spiro atoms. The molecule has 1 saturated heterocycles. The van der Waals surface area contributed by atoms with Gasteiger partial charge in [-0.25, -0.2) is 4.98 Å². The predicted octanol–water partition coefficient (Wildman–Crippen LogP) is 1.22. The van der Waals surface area contributed by atoms with Crippen molar-refractivity contribution in [1.29, 1.82) is 0 Å². The van der Waals surface area contributed by atoms with E-state index in [2.05, 4.69) is 15.1 Å². The fourth-order valence-electron chi connectivity index (χ4n) is 3.15. The van der Waals surface area contributed by atoms with E-state index in [1.165, 1.54) is 6.07 Å². The third-order valence-corrected chi connectivity index (χ3v) is 4.44. The maximum absolute atomic E-state index is 12.8. The number of amides is 1. The molecule has 1 aliphatic rings. The van der Waals surface area contributed by atoms with E-state index in [-0.39, 0.29) is 17.5 Å². The van der Waals surface area contributed by atoms with E-state index in [1.807, 2.05) is 13.8 Å². The van der Waals surface area contributed by atoms with Gasteiger partial charge in [0, 0.05) is 24.6 Å². The number of hydrogen-bond acceptors (Lipinski definition) is 6. The zero-order valence-electron chi connectivity index (χ0n) is 14.7.